The molecule has 6 nitrogen and oxygen atoms in total. The van der Waals surface area contributed by atoms with Crippen LogP contribution in [0.1, 0.15) is 88.5 Å². The van der Waals surface area contributed by atoms with Crippen LogP contribution in [0.2, 0.25) is 0 Å². The van der Waals surface area contributed by atoms with Crippen molar-refractivity contribution in [1.82, 2.24) is 0 Å². The summed E-state index contributed by atoms with van der Waals surface area (Å²) in [7, 11) is 0. The lowest BCUT2D eigenvalue weighted by molar-refractivity contribution is -0.149. The van der Waals surface area contributed by atoms with Gasteiger partial charge in [-0.2, -0.15) is 0 Å². The van der Waals surface area contributed by atoms with Crippen LogP contribution in [0.5, 0.6) is 0 Å². The van der Waals surface area contributed by atoms with Crippen LogP contribution >= 0.6 is 0 Å². The summed E-state index contributed by atoms with van der Waals surface area (Å²) in [4.78, 5) is 26.6. The molecular weight excluding hydrogens is 572 g/mol. The number of hydrogen-bond acceptors (Lipinski definition) is 6. The zero-order chi connectivity index (χ0) is 32.7. The highest BCUT2D eigenvalue weighted by Gasteiger charge is 2.28. The van der Waals surface area contributed by atoms with Gasteiger partial charge in [-0.25, -0.2) is 9.59 Å². The third-order valence-corrected chi connectivity index (χ3v) is 8.78. The van der Waals surface area contributed by atoms with Crippen LogP contribution < -0.4 is 11.5 Å². The van der Waals surface area contributed by atoms with Crippen molar-refractivity contribution in [1.29, 1.82) is 0 Å². The number of nitrogens with two attached hydrogens (primary N) is 2. The molecule has 4 atom stereocenters. The molecule has 4 aromatic carbocycles. The maximum absolute atomic E-state index is 13.3. The zero-order valence-electron chi connectivity index (χ0n) is 27.4. The third-order valence-electron chi connectivity index (χ3n) is 8.78. The van der Waals surface area contributed by atoms with E-state index in [1.54, 1.807) is 0 Å². The van der Waals surface area contributed by atoms with Crippen LogP contribution in [0.15, 0.2) is 97.1 Å². The first-order valence-electron chi connectivity index (χ1n) is 16.9. The molecule has 46 heavy (non-hydrogen) atoms. The molecule has 6 heteroatoms. The van der Waals surface area contributed by atoms with Crippen LogP contribution in [0, 0.1) is 11.8 Å². The quantitative estimate of drug-likeness (QED) is 0.0849. The molecular formula is C40H50N2O4. The Kier molecular flexibility index (Phi) is 13.8. The molecule has 4 unspecified atom stereocenters. The molecule has 4 rings (SSSR count). The van der Waals surface area contributed by atoms with E-state index in [4.69, 9.17) is 20.9 Å². The van der Waals surface area contributed by atoms with Gasteiger partial charge in [0.15, 0.2) is 0 Å². The first-order chi connectivity index (χ1) is 22.5. The van der Waals surface area contributed by atoms with Crippen molar-refractivity contribution in [3.05, 3.63) is 108 Å². The molecule has 0 aliphatic rings. The van der Waals surface area contributed by atoms with Crippen LogP contribution in [0.4, 0.5) is 0 Å². The summed E-state index contributed by atoms with van der Waals surface area (Å²) in [5, 5.41) is 4.43. The second kappa shape index (κ2) is 18.2. The Bertz CT molecular complexity index is 1460. The SMILES string of the molecule is CCCC(CCCN)C(OC(=O)/C=C\C(=O)OC(c1ccc2ccccc2c1)C(CCC)CCCN)c1ccc2ccccc2c1. The Hall–Kier alpha value is -4.00. The van der Waals surface area contributed by atoms with Gasteiger partial charge in [0.2, 0.25) is 0 Å². The molecule has 0 radical (unpaired) electrons. The van der Waals surface area contributed by atoms with Crippen molar-refractivity contribution in [2.24, 2.45) is 23.3 Å². The molecule has 0 spiro atoms. The number of esters is 2. The van der Waals surface area contributed by atoms with E-state index < -0.39 is 24.1 Å². The van der Waals surface area contributed by atoms with Crippen LogP contribution in [-0.2, 0) is 19.1 Å². The summed E-state index contributed by atoms with van der Waals surface area (Å²) in [6, 6.07) is 28.7. The summed E-state index contributed by atoms with van der Waals surface area (Å²) in [5.74, 6) is -0.929. The van der Waals surface area contributed by atoms with E-state index in [1.807, 2.05) is 36.4 Å². The van der Waals surface area contributed by atoms with Crippen molar-refractivity contribution < 1.29 is 19.1 Å². The molecule has 0 amide bonds. The standard InChI is InChI=1S/C40H50N2O4/c1-3-11-31(17-9-25-41)39(35-21-19-29-13-5-7-15-33(29)27-35)45-37(43)23-24-38(44)46-40(32(12-4-2)18-10-26-42)36-22-20-30-14-6-8-16-34(30)28-36/h5-8,13-16,19-24,27-28,31-32,39-40H,3-4,9-12,17-18,25-26,41-42H2,1-2H3/b24-23-. The van der Waals surface area contributed by atoms with Gasteiger partial charge in [0.1, 0.15) is 12.2 Å². The van der Waals surface area contributed by atoms with Crippen LogP contribution in [0.3, 0.4) is 0 Å². The monoisotopic (exact) mass is 622 g/mol. The lowest BCUT2D eigenvalue weighted by Crippen LogP contribution is -2.21. The largest absolute Gasteiger partial charge is 0.454 e. The highest BCUT2D eigenvalue weighted by molar-refractivity contribution is 5.92. The Morgan fingerprint density at radius 3 is 1.35 bits per heavy atom. The van der Waals surface area contributed by atoms with Gasteiger partial charge < -0.3 is 20.9 Å². The fraction of sp³-hybridized carbons (Fsp3) is 0.400. The minimum absolute atomic E-state index is 0.105. The topological polar surface area (TPSA) is 105 Å². The van der Waals surface area contributed by atoms with E-state index >= 15 is 0 Å². The Labute approximate surface area is 274 Å². The van der Waals surface area contributed by atoms with Gasteiger partial charge in [0.25, 0.3) is 0 Å². The average molecular weight is 623 g/mol. The van der Waals surface area contributed by atoms with Crippen molar-refractivity contribution in [2.45, 2.75) is 77.4 Å². The number of hydrogen-bond donors (Lipinski definition) is 2. The second-order valence-electron chi connectivity index (χ2n) is 12.2. The predicted molar refractivity (Wildman–Crippen MR) is 188 cm³/mol. The number of fused-ring (bicyclic) bond motifs is 2. The minimum atomic E-state index is -0.570. The molecule has 0 aliphatic carbocycles. The van der Waals surface area contributed by atoms with Crippen molar-refractivity contribution >= 4 is 33.5 Å². The molecule has 0 fully saturated rings. The first kappa shape index (κ1) is 34.9. The van der Waals surface area contributed by atoms with Crippen molar-refractivity contribution in [2.75, 3.05) is 13.1 Å². The fourth-order valence-corrected chi connectivity index (χ4v) is 6.50. The van der Waals surface area contributed by atoms with Crippen LogP contribution in [-0.4, -0.2) is 25.0 Å². The molecule has 0 saturated heterocycles. The lowest BCUT2D eigenvalue weighted by atomic mass is 9.87. The highest BCUT2D eigenvalue weighted by Crippen LogP contribution is 2.36. The summed E-state index contributed by atoms with van der Waals surface area (Å²) >= 11 is 0. The van der Waals surface area contributed by atoms with E-state index in [-0.39, 0.29) is 11.8 Å². The summed E-state index contributed by atoms with van der Waals surface area (Å²) < 4.78 is 12.3. The molecule has 244 valence electrons. The maximum atomic E-state index is 13.3. The normalized spacial score (nSPS) is 14.3. The van der Waals surface area contributed by atoms with Gasteiger partial charge in [0, 0.05) is 24.0 Å². The number of ether oxygens (including phenoxy) is 2. The molecule has 0 bridgehead atoms. The maximum Gasteiger partial charge on any atom is 0.331 e. The molecule has 4 aromatic rings. The Morgan fingerprint density at radius 2 is 0.978 bits per heavy atom. The molecule has 0 saturated carbocycles. The van der Waals surface area contributed by atoms with E-state index in [2.05, 4.69) is 62.4 Å². The zero-order valence-corrected chi connectivity index (χ0v) is 27.4. The summed E-state index contributed by atoms with van der Waals surface area (Å²) in [5.41, 5.74) is 13.6. The Morgan fingerprint density at radius 1 is 0.587 bits per heavy atom. The third kappa shape index (κ3) is 9.75. The predicted octanol–water partition coefficient (Wildman–Crippen LogP) is 8.73. The van der Waals surface area contributed by atoms with Gasteiger partial charge in [-0.3, -0.25) is 0 Å². The van der Waals surface area contributed by atoms with E-state index in [0.717, 1.165) is 84.0 Å². The Balaban J connectivity index is 1.55. The van der Waals surface area contributed by atoms with Gasteiger partial charge in [-0.15, -0.1) is 0 Å². The number of rotatable bonds is 18. The second-order valence-corrected chi connectivity index (χ2v) is 12.2. The van der Waals surface area contributed by atoms with Gasteiger partial charge >= 0.3 is 11.9 Å². The fourth-order valence-electron chi connectivity index (χ4n) is 6.50. The number of carbonyl (C=O) groups is 2. The minimum Gasteiger partial charge on any atom is -0.454 e. The molecule has 4 N–H and O–H groups in total. The molecule has 0 aliphatic heterocycles. The molecule has 0 heterocycles. The van der Waals surface area contributed by atoms with Crippen molar-refractivity contribution in [3.63, 3.8) is 0 Å². The smallest absolute Gasteiger partial charge is 0.331 e. The molecule has 0 aromatic heterocycles. The van der Waals surface area contributed by atoms with Crippen molar-refractivity contribution in [3.8, 4) is 0 Å². The van der Waals surface area contributed by atoms with Gasteiger partial charge in [0.05, 0.1) is 0 Å². The summed E-state index contributed by atoms with van der Waals surface area (Å²) in [6.07, 6.45) is 8.56. The number of benzene rings is 4. The van der Waals surface area contributed by atoms with Gasteiger partial charge in [-0.05, 0) is 96.4 Å². The van der Waals surface area contributed by atoms with Gasteiger partial charge in [-0.1, -0.05) is 99.5 Å². The van der Waals surface area contributed by atoms with E-state index in [9.17, 15) is 9.59 Å². The van der Waals surface area contributed by atoms with E-state index in [0.29, 0.717) is 13.1 Å². The summed E-state index contributed by atoms with van der Waals surface area (Å²) in [6.45, 7) is 5.42. The number of carbonyl (C=O) groups excluding carboxylic acids is 2. The highest BCUT2D eigenvalue weighted by atomic mass is 16.5. The van der Waals surface area contributed by atoms with E-state index in [1.165, 1.54) is 12.2 Å². The lowest BCUT2D eigenvalue weighted by Gasteiger charge is -2.28. The average Bonchev–Trinajstić information content (AvgIpc) is 3.08. The first-order valence-corrected chi connectivity index (χ1v) is 16.9. The van der Waals surface area contributed by atoms with Crippen LogP contribution in [0.25, 0.3) is 21.5 Å².